The fourth-order valence-corrected chi connectivity index (χ4v) is 2.36. The second-order valence-corrected chi connectivity index (χ2v) is 5.01. The first-order valence-electron chi connectivity index (χ1n) is 5.53. The smallest absolute Gasteiger partial charge is 0.100 e. The normalized spacial score (nSPS) is 11.1. The highest BCUT2D eigenvalue weighted by atomic mass is 35.5. The minimum absolute atomic E-state index is 0.714. The number of halogens is 2. The third kappa shape index (κ3) is 1.88. The van der Waals surface area contributed by atoms with Gasteiger partial charge in [0.15, 0.2) is 0 Å². The van der Waals surface area contributed by atoms with Crippen LogP contribution in [-0.4, -0.2) is 9.78 Å². The number of hydrogen-bond donors (Lipinski definition) is 0. The van der Waals surface area contributed by atoms with Crippen molar-refractivity contribution in [1.29, 1.82) is 0 Å². The first-order chi connectivity index (χ1) is 8.65. The second-order valence-electron chi connectivity index (χ2n) is 4.14. The molecule has 0 saturated carbocycles. The summed E-state index contributed by atoms with van der Waals surface area (Å²) in [5.41, 5.74) is 3.02. The van der Waals surface area contributed by atoms with Crippen LogP contribution in [0.2, 0.25) is 10.0 Å². The first-order valence-corrected chi connectivity index (χ1v) is 6.29. The molecular formula is C14H10Cl2N2. The summed E-state index contributed by atoms with van der Waals surface area (Å²) in [5, 5.41) is 7.03. The van der Waals surface area contributed by atoms with E-state index in [2.05, 4.69) is 5.10 Å². The van der Waals surface area contributed by atoms with Gasteiger partial charge in [-0.2, -0.15) is 5.10 Å². The van der Waals surface area contributed by atoms with Crippen LogP contribution in [0.15, 0.2) is 42.5 Å². The molecule has 0 N–H and O–H groups in total. The lowest BCUT2D eigenvalue weighted by Gasteiger charge is -1.98. The summed E-state index contributed by atoms with van der Waals surface area (Å²) in [5.74, 6) is 0. The lowest BCUT2D eigenvalue weighted by molar-refractivity contribution is 0.800. The number of nitrogens with zero attached hydrogens (tertiary/aromatic N) is 2. The molecule has 0 aliphatic heterocycles. The van der Waals surface area contributed by atoms with E-state index in [1.54, 1.807) is 0 Å². The van der Waals surface area contributed by atoms with Crippen LogP contribution in [0.4, 0.5) is 0 Å². The van der Waals surface area contributed by atoms with Crippen molar-refractivity contribution in [1.82, 2.24) is 9.78 Å². The van der Waals surface area contributed by atoms with E-state index in [-0.39, 0.29) is 0 Å². The number of benzene rings is 2. The predicted molar refractivity (Wildman–Crippen MR) is 76.2 cm³/mol. The maximum Gasteiger partial charge on any atom is 0.100 e. The summed E-state index contributed by atoms with van der Waals surface area (Å²) in [6.07, 6.45) is 0. The Balaban J connectivity index is 2.28. The molecule has 0 aliphatic carbocycles. The van der Waals surface area contributed by atoms with Gasteiger partial charge in [-0.3, -0.25) is 4.68 Å². The van der Waals surface area contributed by atoms with Crippen molar-refractivity contribution in [2.45, 2.75) is 0 Å². The second kappa shape index (κ2) is 4.30. The van der Waals surface area contributed by atoms with Crippen LogP contribution >= 0.6 is 23.2 Å². The monoisotopic (exact) mass is 276 g/mol. The predicted octanol–water partition coefficient (Wildman–Crippen LogP) is 4.55. The molecule has 3 aromatic rings. The van der Waals surface area contributed by atoms with Crippen LogP contribution in [0, 0.1) is 0 Å². The molecule has 1 heterocycles. The fourth-order valence-electron chi connectivity index (χ4n) is 2.06. The van der Waals surface area contributed by atoms with E-state index in [1.807, 2.05) is 54.2 Å². The van der Waals surface area contributed by atoms with E-state index in [9.17, 15) is 0 Å². The number of hydrogen-bond acceptors (Lipinski definition) is 1. The van der Waals surface area contributed by atoms with E-state index in [0.717, 1.165) is 27.2 Å². The SMILES string of the molecule is Cn1nc(-c2ccc(Cl)cc2)c2cc(Cl)ccc21. The van der Waals surface area contributed by atoms with Gasteiger partial charge in [0.05, 0.1) is 5.52 Å². The number of rotatable bonds is 1. The van der Waals surface area contributed by atoms with Gasteiger partial charge >= 0.3 is 0 Å². The largest absolute Gasteiger partial charge is 0.267 e. The van der Waals surface area contributed by atoms with Crippen LogP contribution < -0.4 is 0 Å². The van der Waals surface area contributed by atoms with Gasteiger partial charge in [0.2, 0.25) is 0 Å². The molecule has 4 heteroatoms. The topological polar surface area (TPSA) is 17.8 Å². The van der Waals surface area contributed by atoms with Crippen LogP contribution in [0.5, 0.6) is 0 Å². The average Bonchev–Trinajstić information content (AvgIpc) is 2.67. The maximum absolute atomic E-state index is 6.05. The van der Waals surface area contributed by atoms with E-state index in [4.69, 9.17) is 23.2 Å². The Bertz CT molecular complexity index is 714. The Hall–Kier alpha value is -1.51. The molecule has 0 radical (unpaired) electrons. The standard InChI is InChI=1S/C14H10Cl2N2/c1-18-13-7-6-11(16)8-12(13)14(17-18)9-2-4-10(15)5-3-9/h2-8H,1H3. The number of aromatic nitrogens is 2. The Labute approximate surface area is 115 Å². The van der Waals surface area contributed by atoms with Crippen molar-refractivity contribution in [3.05, 3.63) is 52.5 Å². The van der Waals surface area contributed by atoms with Crippen molar-refractivity contribution >= 4 is 34.1 Å². The van der Waals surface area contributed by atoms with Gasteiger partial charge in [-0.15, -0.1) is 0 Å². The Morgan fingerprint density at radius 1 is 0.944 bits per heavy atom. The minimum Gasteiger partial charge on any atom is -0.267 e. The van der Waals surface area contributed by atoms with Crippen LogP contribution in [0.3, 0.4) is 0 Å². The molecule has 0 bridgehead atoms. The van der Waals surface area contributed by atoms with E-state index < -0.39 is 0 Å². The van der Waals surface area contributed by atoms with Gasteiger partial charge in [0, 0.05) is 28.0 Å². The zero-order valence-corrected chi connectivity index (χ0v) is 11.2. The molecule has 0 aliphatic rings. The van der Waals surface area contributed by atoms with Crippen molar-refractivity contribution in [3.63, 3.8) is 0 Å². The quantitative estimate of drug-likeness (QED) is 0.638. The zero-order chi connectivity index (χ0) is 12.7. The summed E-state index contributed by atoms with van der Waals surface area (Å²) in [7, 11) is 1.93. The molecule has 1 aromatic heterocycles. The Morgan fingerprint density at radius 3 is 2.33 bits per heavy atom. The van der Waals surface area contributed by atoms with E-state index in [0.29, 0.717) is 5.02 Å². The molecule has 90 valence electrons. The summed E-state index contributed by atoms with van der Waals surface area (Å²) >= 11 is 12.0. The van der Waals surface area contributed by atoms with Gasteiger partial charge in [0.25, 0.3) is 0 Å². The lowest BCUT2D eigenvalue weighted by atomic mass is 10.1. The molecule has 0 amide bonds. The molecule has 0 unspecified atom stereocenters. The van der Waals surface area contributed by atoms with Crippen molar-refractivity contribution in [3.8, 4) is 11.3 Å². The van der Waals surface area contributed by atoms with Gasteiger partial charge in [-0.25, -0.2) is 0 Å². The fraction of sp³-hybridized carbons (Fsp3) is 0.0714. The van der Waals surface area contributed by atoms with Gasteiger partial charge < -0.3 is 0 Å². The van der Waals surface area contributed by atoms with Crippen LogP contribution in [-0.2, 0) is 7.05 Å². The van der Waals surface area contributed by atoms with Crippen LogP contribution in [0.1, 0.15) is 0 Å². The zero-order valence-electron chi connectivity index (χ0n) is 9.69. The Kier molecular flexibility index (Phi) is 2.77. The lowest BCUT2D eigenvalue weighted by Crippen LogP contribution is -1.89. The van der Waals surface area contributed by atoms with Crippen LogP contribution in [0.25, 0.3) is 22.2 Å². The number of fused-ring (bicyclic) bond motifs is 1. The van der Waals surface area contributed by atoms with Gasteiger partial charge in [-0.05, 0) is 30.3 Å². The first kappa shape index (κ1) is 11.6. The van der Waals surface area contributed by atoms with E-state index >= 15 is 0 Å². The molecule has 0 saturated heterocycles. The summed E-state index contributed by atoms with van der Waals surface area (Å²) in [4.78, 5) is 0. The molecular weight excluding hydrogens is 267 g/mol. The maximum atomic E-state index is 6.05. The minimum atomic E-state index is 0.714. The van der Waals surface area contributed by atoms with Gasteiger partial charge in [0.1, 0.15) is 5.69 Å². The van der Waals surface area contributed by atoms with Crippen molar-refractivity contribution in [2.75, 3.05) is 0 Å². The molecule has 0 fully saturated rings. The molecule has 3 rings (SSSR count). The highest BCUT2D eigenvalue weighted by Crippen LogP contribution is 2.30. The summed E-state index contributed by atoms with van der Waals surface area (Å²) in [6.45, 7) is 0. The molecule has 0 spiro atoms. The van der Waals surface area contributed by atoms with Gasteiger partial charge in [-0.1, -0.05) is 35.3 Å². The highest BCUT2D eigenvalue weighted by Gasteiger charge is 2.10. The Morgan fingerprint density at radius 2 is 1.61 bits per heavy atom. The average molecular weight is 277 g/mol. The molecule has 2 nitrogen and oxygen atoms in total. The van der Waals surface area contributed by atoms with Crippen molar-refractivity contribution in [2.24, 2.45) is 7.05 Å². The van der Waals surface area contributed by atoms with Crippen molar-refractivity contribution < 1.29 is 0 Å². The molecule has 2 aromatic carbocycles. The molecule has 18 heavy (non-hydrogen) atoms. The highest BCUT2D eigenvalue weighted by molar-refractivity contribution is 6.31. The summed E-state index contributed by atoms with van der Waals surface area (Å²) in [6, 6.07) is 13.4. The third-order valence-electron chi connectivity index (χ3n) is 2.93. The number of aryl methyl sites for hydroxylation is 1. The van der Waals surface area contributed by atoms with E-state index in [1.165, 1.54) is 0 Å². The third-order valence-corrected chi connectivity index (χ3v) is 3.42. The summed E-state index contributed by atoms with van der Waals surface area (Å²) < 4.78 is 1.86. The molecule has 0 atom stereocenters.